The Morgan fingerprint density at radius 3 is 2.24 bits per heavy atom. The predicted molar refractivity (Wildman–Crippen MR) is 132 cm³/mol. The first-order valence-electron chi connectivity index (χ1n) is 12.2. The van der Waals surface area contributed by atoms with Gasteiger partial charge >= 0.3 is 12.4 Å². The summed E-state index contributed by atoms with van der Waals surface area (Å²) in [7, 11) is 0. The van der Waals surface area contributed by atoms with Gasteiger partial charge in [-0.25, -0.2) is 4.39 Å². The van der Waals surface area contributed by atoms with E-state index >= 15 is 0 Å². The van der Waals surface area contributed by atoms with Crippen molar-refractivity contribution in [1.29, 1.82) is 5.26 Å². The highest BCUT2D eigenvalue weighted by Gasteiger charge is 2.41. The van der Waals surface area contributed by atoms with Crippen LogP contribution < -0.4 is 21.3 Å². The maximum Gasteiger partial charge on any atom is 0.389 e. The van der Waals surface area contributed by atoms with Crippen LogP contribution in [-0.4, -0.2) is 42.7 Å². The second kappa shape index (κ2) is 12.4. The van der Waals surface area contributed by atoms with Gasteiger partial charge in [0.15, 0.2) is 0 Å². The lowest BCUT2D eigenvalue weighted by molar-refractivity contribution is -0.152. The molecule has 1 aliphatic heterocycles. The normalized spacial score (nSPS) is 17.0. The molecule has 2 aromatic rings. The zero-order chi connectivity index (χ0) is 30.5. The van der Waals surface area contributed by atoms with Crippen LogP contribution >= 0.6 is 0 Å². The number of amides is 3. The number of nitrogens with zero attached hydrogens (tertiary/aromatic N) is 2. The number of hydrogen-bond donors (Lipinski definition) is 3. The van der Waals surface area contributed by atoms with E-state index in [0.717, 1.165) is 6.07 Å². The van der Waals surface area contributed by atoms with E-state index in [1.54, 1.807) is 0 Å². The van der Waals surface area contributed by atoms with Crippen LogP contribution in [0.15, 0.2) is 42.5 Å². The van der Waals surface area contributed by atoms with Crippen LogP contribution in [0.5, 0.6) is 0 Å². The summed E-state index contributed by atoms with van der Waals surface area (Å²) in [6, 6.07) is 10.1. The minimum atomic E-state index is -4.81. The fraction of sp³-hybridized carbons (Fsp3) is 0.385. The Balaban J connectivity index is 1.98. The molecule has 3 amide bonds. The molecule has 0 aliphatic carbocycles. The molecule has 3 unspecified atom stereocenters. The van der Waals surface area contributed by atoms with Crippen molar-refractivity contribution >= 4 is 34.8 Å². The lowest BCUT2D eigenvalue weighted by Crippen LogP contribution is -2.52. The third-order valence-corrected chi connectivity index (χ3v) is 6.48. The third-order valence-electron chi connectivity index (χ3n) is 6.48. The van der Waals surface area contributed by atoms with Crippen LogP contribution in [0.25, 0.3) is 0 Å². The number of para-hydroxylation sites is 1. The Hall–Kier alpha value is -4.35. The average molecular weight is 587 g/mol. The maximum absolute atomic E-state index is 14.7. The third kappa shape index (κ3) is 8.32. The first-order chi connectivity index (χ1) is 19.1. The van der Waals surface area contributed by atoms with E-state index in [1.807, 2.05) is 6.07 Å². The van der Waals surface area contributed by atoms with Crippen molar-refractivity contribution in [2.75, 3.05) is 16.8 Å². The van der Waals surface area contributed by atoms with Crippen molar-refractivity contribution in [3.8, 4) is 6.07 Å². The van der Waals surface area contributed by atoms with Gasteiger partial charge in [0.1, 0.15) is 17.5 Å². The Bertz CT molecular complexity index is 1340. The number of primary amides is 1. The predicted octanol–water partition coefficient (Wildman–Crippen LogP) is 4.68. The van der Waals surface area contributed by atoms with E-state index in [-0.39, 0.29) is 16.9 Å². The fourth-order valence-corrected chi connectivity index (χ4v) is 4.51. The Morgan fingerprint density at radius 1 is 1.05 bits per heavy atom. The highest BCUT2D eigenvalue weighted by molar-refractivity contribution is 6.03. The van der Waals surface area contributed by atoms with Crippen LogP contribution in [0.3, 0.4) is 0 Å². The standard InChI is InChI=1S/C26H24F7N5O3/c27-18-5-2-6-20-21(18)37-24(41)19(13-38(20)15-4-1-3-14(11-15)12-34)36-23(40)17(8-10-26(31,32)33)16(22(35)39)7-9-25(28,29)30/h1-6,11,16-17,19H,7-10,13H2,(H2,35,39)(H,36,40)(H,37,41). The molecule has 41 heavy (non-hydrogen) atoms. The monoisotopic (exact) mass is 587 g/mol. The number of nitrogens with one attached hydrogen (secondary N) is 2. The zero-order valence-electron chi connectivity index (χ0n) is 21.2. The van der Waals surface area contributed by atoms with E-state index in [1.165, 1.54) is 41.3 Å². The maximum atomic E-state index is 14.7. The highest BCUT2D eigenvalue weighted by Crippen LogP contribution is 2.37. The topological polar surface area (TPSA) is 128 Å². The molecule has 15 heteroatoms. The molecule has 0 fully saturated rings. The van der Waals surface area contributed by atoms with Gasteiger partial charge in [0.05, 0.1) is 23.9 Å². The van der Waals surface area contributed by atoms with Gasteiger partial charge in [-0.2, -0.15) is 31.6 Å². The van der Waals surface area contributed by atoms with Gasteiger partial charge in [0.2, 0.25) is 17.7 Å². The Kier molecular flexibility index (Phi) is 9.46. The number of fused-ring (bicyclic) bond motifs is 1. The number of nitriles is 1. The van der Waals surface area contributed by atoms with Gasteiger partial charge in [0, 0.05) is 30.4 Å². The van der Waals surface area contributed by atoms with Crippen LogP contribution in [0.1, 0.15) is 31.2 Å². The molecule has 0 radical (unpaired) electrons. The molecule has 0 spiro atoms. The van der Waals surface area contributed by atoms with Crippen LogP contribution in [0, 0.1) is 29.0 Å². The minimum Gasteiger partial charge on any atom is -0.369 e. The second-order valence-electron chi connectivity index (χ2n) is 9.38. The summed E-state index contributed by atoms with van der Waals surface area (Å²) in [5.74, 6) is -8.44. The molecule has 4 N–H and O–H groups in total. The number of carbonyl (C=O) groups excluding carboxylic acids is 3. The molecular formula is C26H24F7N5O3. The number of nitrogens with two attached hydrogens (primary N) is 1. The van der Waals surface area contributed by atoms with E-state index in [9.17, 15) is 50.4 Å². The summed E-state index contributed by atoms with van der Waals surface area (Å²) in [4.78, 5) is 39.7. The number of benzene rings is 2. The number of alkyl halides is 6. The number of rotatable bonds is 9. The van der Waals surface area contributed by atoms with E-state index < -0.39 is 86.0 Å². The molecule has 1 heterocycles. The fourth-order valence-electron chi connectivity index (χ4n) is 4.51. The van der Waals surface area contributed by atoms with E-state index in [4.69, 9.17) is 5.73 Å². The van der Waals surface area contributed by atoms with Crippen LogP contribution in [0.2, 0.25) is 0 Å². The molecule has 1 aliphatic rings. The van der Waals surface area contributed by atoms with Gasteiger partial charge in [0.25, 0.3) is 0 Å². The molecule has 220 valence electrons. The molecule has 0 aromatic heterocycles. The smallest absolute Gasteiger partial charge is 0.369 e. The number of anilines is 3. The summed E-state index contributed by atoms with van der Waals surface area (Å²) in [5, 5.41) is 13.8. The Labute approximate surface area is 229 Å². The van der Waals surface area contributed by atoms with Gasteiger partial charge in [-0.15, -0.1) is 0 Å². The minimum absolute atomic E-state index is 0.124. The SMILES string of the molecule is N#Cc1cccc(N2CC(NC(=O)C(CCC(F)(F)F)C(CCC(F)(F)F)C(N)=O)C(=O)Nc3c(F)cccc32)c1. The zero-order valence-corrected chi connectivity index (χ0v) is 21.2. The molecular weight excluding hydrogens is 563 g/mol. The highest BCUT2D eigenvalue weighted by atomic mass is 19.4. The van der Waals surface area contributed by atoms with Crippen molar-refractivity contribution in [3.63, 3.8) is 0 Å². The molecule has 0 saturated carbocycles. The summed E-state index contributed by atoms with van der Waals surface area (Å²) in [6.07, 6.45) is -14.9. The van der Waals surface area contributed by atoms with E-state index in [2.05, 4.69) is 10.6 Å². The van der Waals surface area contributed by atoms with Crippen molar-refractivity contribution in [1.82, 2.24) is 5.32 Å². The largest absolute Gasteiger partial charge is 0.389 e. The number of carbonyl (C=O) groups is 3. The number of halogens is 7. The quantitative estimate of drug-likeness (QED) is 0.368. The molecule has 8 nitrogen and oxygen atoms in total. The average Bonchev–Trinajstić information content (AvgIpc) is 3.01. The molecule has 0 bridgehead atoms. The summed E-state index contributed by atoms with van der Waals surface area (Å²) in [6.45, 7) is -0.418. The molecule has 0 saturated heterocycles. The first kappa shape index (κ1) is 31.2. The molecule has 3 rings (SSSR count). The summed E-state index contributed by atoms with van der Waals surface area (Å²) < 4.78 is 92.4. The lowest BCUT2D eigenvalue weighted by atomic mass is 9.83. The van der Waals surface area contributed by atoms with E-state index in [0.29, 0.717) is 5.69 Å². The van der Waals surface area contributed by atoms with Crippen LogP contribution in [0.4, 0.5) is 47.8 Å². The Morgan fingerprint density at radius 2 is 1.66 bits per heavy atom. The second-order valence-corrected chi connectivity index (χ2v) is 9.38. The van der Waals surface area contributed by atoms with Crippen molar-refractivity contribution in [2.45, 2.75) is 44.1 Å². The summed E-state index contributed by atoms with van der Waals surface area (Å²) >= 11 is 0. The molecule has 3 atom stereocenters. The summed E-state index contributed by atoms with van der Waals surface area (Å²) in [5.41, 5.74) is 5.54. The van der Waals surface area contributed by atoms with Crippen molar-refractivity contribution in [2.24, 2.45) is 17.6 Å². The lowest BCUT2D eigenvalue weighted by Gasteiger charge is -2.29. The van der Waals surface area contributed by atoms with Crippen molar-refractivity contribution < 1.29 is 45.1 Å². The van der Waals surface area contributed by atoms with Gasteiger partial charge in [-0.1, -0.05) is 12.1 Å². The molecule has 2 aromatic carbocycles. The van der Waals surface area contributed by atoms with Gasteiger partial charge in [-0.3, -0.25) is 14.4 Å². The first-order valence-corrected chi connectivity index (χ1v) is 12.2. The van der Waals surface area contributed by atoms with Crippen LogP contribution in [-0.2, 0) is 14.4 Å². The van der Waals surface area contributed by atoms with Crippen molar-refractivity contribution in [3.05, 3.63) is 53.8 Å². The number of hydrogen-bond acceptors (Lipinski definition) is 5. The van der Waals surface area contributed by atoms with Gasteiger partial charge in [-0.05, 0) is 43.2 Å². The van der Waals surface area contributed by atoms with Gasteiger partial charge < -0.3 is 21.3 Å².